The Kier molecular flexibility index (Phi) is 4.07. The minimum atomic E-state index is -0.426. The zero-order valence-corrected chi connectivity index (χ0v) is 9.38. The van der Waals surface area contributed by atoms with Gasteiger partial charge < -0.3 is 5.32 Å². The molecule has 1 unspecified atom stereocenters. The zero-order chi connectivity index (χ0) is 12.1. The number of hydrogen-bond donors (Lipinski definition) is 1. The van der Waals surface area contributed by atoms with E-state index in [1.54, 1.807) is 13.0 Å². The standard InChI is InChI=1S/C13H14FNO/c1-4-11(5-2)15-13(16)12-8-10(14)7-6-9(12)3/h1,6-8,11H,5H2,2-3H3,(H,15,16). The van der Waals surface area contributed by atoms with E-state index in [4.69, 9.17) is 6.42 Å². The maximum absolute atomic E-state index is 13.0. The van der Waals surface area contributed by atoms with Crippen molar-refractivity contribution in [3.63, 3.8) is 0 Å². The third kappa shape index (κ3) is 2.83. The van der Waals surface area contributed by atoms with Crippen LogP contribution in [0.15, 0.2) is 18.2 Å². The van der Waals surface area contributed by atoms with Crippen LogP contribution < -0.4 is 5.32 Å². The maximum Gasteiger partial charge on any atom is 0.252 e. The van der Waals surface area contributed by atoms with E-state index in [-0.39, 0.29) is 11.9 Å². The Labute approximate surface area is 94.9 Å². The lowest BCUT2D eigenvalue weighted by Gasteiger charge is -2.12. The molecule has 3 heteroatoms. The van der Waals surface area contributed by atoms with E-state index < -0.39 is 5.82 Å². The van der Waals surface area contributed by atoms with E-state index in [1.807, 2.05) is 6.92 Å². The summed E-state index contributed by atoms with van der Waals surface area (Å²) in [5, 5.41) is 2.66. The number of carbonyl (C=O) groups excluding carboxylic acids is 1. The molecule has 0 saturated carbocycles. The van der Waals surface area contributed by atoms with E-state index in [1.165, 1.54) is 12.1 Å². The monoisotopic (exact) mass is 219 g/mol. The molecular formula is C13H14FNO. The number of aryl methyl sites for hydroxylation is 1. The quantitative estimate of drug-likeness (QED) is 0.776. The third-order valence-electron chi connectivity index (χ3n) is 2.36. The normalized spacial score (nSPS) is 11.6. The van der Waals surface area contributed by atoms with Crippen molar-refractivity contribution in [3.8, 4) is 12.3 Å². The molecule has 1 atom stereocenters. The molecule has 0 bridgehead atoms. The van der Waals surface area contributed by atoms with Crippen LogP contribution in [0.2, 0.25) is 0 Å². The van der Waals surface area contributed by atoms with Crippen LogP contribution in [-0.2, 0) is 0 Å². The van der Waals surface area contributed by atoms with Crippen molar-refractivity contribution in [1.82, 2.24) is 5.32 Å². The van der Waals surface area contributed by atoms with Gasteiger partial charge in [0, 0.05) is 5.56 Å². The van der Waals surface area contributed by atoms with Crippen molar-refractivity contribution in [3.05, 3.63) is 35.1 Å². The minimum Gasteiger partial charge on any atom is -0.338 e. The Hall–Kier alpha value is -1.82. The molecule has 1 aromatic rings. The van der Waals surface area contributed by atoms with E-state index in [9.17, 15) is 9.18 Å². The Balaban J connectivity index is 2.89. The summed E-state index contributed by atoms with van der Waals surface area (Å²) in [6.45, 7) is 3.63. The minimum absolute atomic E-state index is 0.310. The van der Waals surface area contributed by atoms with Gasteiger partial charge in [-0.05, 0) is 31.0 Å². The number of hydrogen-bond acceptors (Lipinski definition) is 1. The van der Waals surface area contributed by atoms with E-state index >= 15 is 0 Å². The first kappa shape index (κ1) is 12.3. The van der Waals surface area contributed by atoms with Crippen LogP contribution >= 0.6 is 0 Å². The molecule has 0 saturated heterocycles. The average Bonchev–Trinajstić information content (AvgIpc) is 2.28. The highest BCUT2D eigenvalue weighted by Crippen LogP contribution is 2.10. The summed E-state index contributed by atoms with van der Waals surface area (Å²) in [5.74, 6) is 1.70. The van der Waals surface area contributed by atoms with Crippen molar-refractivity contribution in [2.75, 3.05) is 0 Å². The smallest absolute Gasteiger partial charge is 0.252 e. The van der Waals surface area contributed by atoms with Crippen LogP contribution in [0.4, 0.5) is 4.39 Å². The molecule has 0 fully saturated rings. The molecule has 2 nitrogen and oxygen atoms in total. The summed E-state index contributed by atoms with van der Waals surface area (Å²) in [7, 11) is 0. The van der Waals surface area contributed by atoms with Crippen LogP contribution in [0, 0.1) is 25.1 Å². The molecule has 0 aliphatic carbocycles. The summed E-state index contributed by atoms with van der Waals surface area (Å²) in [4.78, 5) is 11.8. The highest BCUT2D eigenvalue weighted by Gasteiger charge is 2.12. The van der Waals surface area contributed by atoms with Gasteiger partial charge in [0.25, 0.3) is 5.91 Å². The molecule has 0 radical (unpaired) electrons. The van der Waals surface area contributed by atoms with Crippen LogP contribution in [0.3, 0.4) is 0 Å². The molecule has 84 valence electrons. The number of nitrogens with one attached hydrogen (secondary N) is 1. The van der Waals surface area contributed by atoms with Gasteiger partial charge in [-0.1, -0.05) is 18.9 Å². The lowest BCUT2D eigenvalue weighted by atomic mass is 10.1. The largest absolute Gasteiger partial charge is 0.338 e. The van der Waals surface area contributed by atoms with E-state index in [0.717, 1.165) is 5.56 Å². The fraction of sp³-hybridized carbons (Fsp3) is 0.308. The number of halogens is 1. The van der Waals surface area contributed by atoms with Crippen molar-refractivity contribution in [2.24, 2.45) is 0 Å². The number of rotatable bonds is 3. The second-order valence-corrected chi connectivity index (χ2v) is 3.56. The molecule has 1 amide bonds. The van der Waals surface area contributed by atoms with E-state index in [2.05, 4.69) is 11.2 Å². The molecule has 1 rings (SSSR count). The van der Waals surface area contributed by atoms with Gasteiger partial charge in [0.15, 0.2) is 0 Å². The molecule has 0 aromatic heterocycles. The molecule has 1 N–H and O–H groups in total. The van der Waals surface area contributed by atoms with E-state index in [0.29, 0.717) is 12.0 Å². The predicted octanol–water partition coefficient (Wildman–Crippen LogP) is 2.28. The fourth-order valence-corrected chi connectivity index (χ4v) is 1.34. The lowest BCUT2D eigenvalue weighted by Crippen LogP contribution is -2.33. The second-order valence-electron chi connectivity index (χ2n) is 3.56. The van der Waals surface area contributed by atoms with Crippen LogP contribution in [0.5, 0.6) is 0 Å². The van der Waals surface area contributed by atoms with Crippen LogP contribution in [0.1, 0.15) is 29.3 Å². The Bertz CT molecular complexity index is 434. The summed E-state index contributed by atoms with van der Waals surface area (Å²) < 4.78 is 13.0. The molecule has 0 aliphatic heterocycles. The van der Waals surface area contributed by atoms with Gasteiger partial charge in [-0.3, -0.25) is 4.79 Å². The van der Waals surface area contributed by atoms with Gasteiger partial charge in [-0.2, -0.15) is 0 Å². The molecule has 0 aliphatic rings. The average molecular weight is 219 g/mol. The first-order chi connectivity index (χ1) is 7.58. The summed E-state index contributed by atoms with van der Waals surface area (Å²) >= 11 is 0. The molecule has 0 spiro atoms. The SMILES string of the molecule is C#CC(CC)NC(=O)c1cc(F)ccc1C. The van der Waals surface area contributed by atoms with Crippen LogP contribution in [-0.4, -0.2) is 11.9 Å². The first-order valence-electron chi connectivity index (χ1n) is 5.11. The van der Waals surface area contributed by atoms with Crippen LogP contribution in [0.25, 0.3) is 0 Å². The fourth-order valence-electron chi connectivity index (χ4n) is 1.34. The maximum atomic E-state index is 13.0. The summed E-state index contributed by atoms with van der Waals surface area (Å²) in [5.41, 5.74) is 1.06. The van der Waals surface area contributed by atoms with Gasteiger partial charge in [-0.25, -0.2) is 4.39 Å². The molecule has 0 heterocycles. The highest BCUT2D eigenvalue weighted by molar-refractivity contribution is 5.96. The first-order valence-corrected chi connectivity index (χ1v) is 5.11. The molecule has 1 aromatic carbocycles. The Morgan fingerprint density at radius 2 is 2.31 bits per heavy atom. The van der Waals surface area contributed by atoms with Gasteiger partial charge in [0.1, 0.15) is 5.82 Å². The zero-order valence-electron chi connectivity index (χ0n) is 9.38. The molecule has 16 heavy (non-hydrogen) atoms. The summed E-state index contributed by atoms with van der Waals surface area (Å²) in [6.07, 6.45) is 5.89. The number of terminal acetylenes is 1. The molecular weight excluding hydrogens is 205 g/mol. The predicted molar refractivity (Wildman–Crippen MR) is 61.5 cm³/mol. The lowest BCUT2D eigenvalue weighted by molar-refractivity contribution is 0.0944. The number of carbonyl (C=O) groups is 1. The van der Waals surface area contributed by atoms with Gasteiger partial charge in [0.05, 0.1) is 6.04 Å². The number of amides is 1. The van der Waals surface area contributed by atoms with Crippen molar-refractivity contribution < 1.29 is 9.18 Å². The Morgan fingerprint density at radius 1 is 1.62 bits per heavy atom. The highest BCUT2D eigenvalue weighted by atomic mass is 19.1. The van der Waals surface area contributed by atoms with Crippen molar-refractivity contribution in [2.45, 2.75) is 26.3 Å². The second kappa shape index (κ2) is 5.32. The van der Waals surface area contributed by atoms with Gasteiger partial charge >= 0.3 is 0 Å². The third-order valence-corrected chi connectivity index (χ3v) is 2.36. The van der Waals surface area contributed by atoms with Gasteiger partial charge in [0.2, 0.25) is 0 Å². The van der Waals surface area contributed by atoms with Crippen molar-refractivity contribution in [1.29, 1.82) is 0 Å². The van der Waals surface area contributed by atoms with Gasteiger partial charge in [-0.15, -0.1) is 6.42 Å². The van der Waals surface area contributed by atoms with Crippen molar-refractivity contribution >= 4 is 5.91 Å². The summed E-state index contributed by atoms with van der Waals surface area (Å²) in [6, 6.07) is 3.80. The number of benzene rings is 1. The Morgan fingerprint density at radius 3 is 2.88 bits per heavy atom. The topological polar surface area (TPSA) is 29.1 Å².